The largest absolute Gasteiger partial charge is 0.359 e. The van der Waals surface area contributed by atoms with Crippen LogP contribution in [0.4, 0.5) is 0 Å². The van der Waals surface area contributed by atoms with Crippen molar-refractivity contribution in [2.45, 2.75) is 40.2 Å². The number of nitrogens with zero attached hydrogens (tertiary/aromatic N) is 2. The van der Waals surface area contributed by atoms with E-state index in [2.05, 4.69) is 0 Å². The lowest BCUT2D eigenvalue weighted by Gasteiger charge is -2.30. The molecular formula is C11H22N2O2S. The third-order valence-corrected chi connectivity index (χ3v) is 4.97. The second kappa shape index (κ2) is 4.75. The van der Waals surface area contributed by atoms with Crippen molar-refractivity contribution in [1.82, 2.24) is 9.21 Å². The normalized spacial score (nSPS) is 22.4. The van der Waals surface area contributed by atoms with Gasteiger partial charge in [-0.15, -0.1) is 0 Å². The lowest BCUT2D eigenvalue weighted by Crippen LogP contribution is -2.36. The van der Waals surface area contributed by atoms with Crippen LogP contribution in [0.1, 0.15) is 34.1 Å². The van der Waals surface area contributed by atoms with Crippen LogP contribution in [0.5, 0.6) is 0 Å². The van der Waals surface area contributed by atoms with Gasteiger partial charge in [-0.05, 0) is 39.7 Å². The first kappa shape index (κ1) is 13.5. The zero-order valence-corrected chi connectivity index (χ0v) is 11.6. The molecule has 0 aliphatic carbocycles. The maximum absolute atomic E-state index is 12.3. The molecule has 1 heterocycles. The third kappa shape index (κ3) is 2.40. The molecule has 0 spiro atoms. The van der Waals surface area contributed by atoms with Crippen LogP contribution in [0.3, 0.4) is 0 Å². The molecule has 0 atom stereocenters. The second-order valence-electron chi connectivity index (χ2n) is 4.77. The molecule has 1 saturated heterocycles. The highest BCUT2D eigenvalue weighted by Gasteiger charge is 2.32. The number of hydrogen-bond donors (Lipinski definition) is 0. The fourth-order valence-corrected chi connectivity index (χ4v) is 3.80. The highest BCUT2D eigenvalue weighted by molar-refractivity contribution is 7.92. The van der Waals surface area contributed by atoms with E-state index in [1.165, 1.54) is 4.31 Å². The molecule has 4 nitrogen and oxygen atoms in total. The molecule has 0 aromatic heterocycles. The molecule has 0 bridgehead atoms. The number of sulfonamides is 1. The summed E-state index contributed by atoms with van der Waals surface area (Å²) in [6.07, 6.45) is 0.880. The minimum atomic E-state index is -3.29. The molecular weight excluding hydrogens is 224 g/mol. The van der Waals surface area contributed by atoms with Gasteiger partial charge < -0.3 is 4.90 Å². The van der Waals surface area contributed by atoms with Crippen molar-refractivity contribution in [2.75, 3.05) is 20.1 Å². The van der Waals surface area contributed by atoms with Gasteiger partial charge in [-0.2, -0.15) is 4.31 Å². The van der Waals surface area contributed by atoms with Gasteiger partial charge in [0, 0.05) is 26.2 Å². The van der Waals surface area contributed by atoms with Crippen molar-refractivity contribution in [3.8, 4) is 0 Å². The average Bonchev–Trinajstić information content (AvgIpc) is 2.24. The fourth-order valence-electron chi connectivity index (χ4n) is 2.02. The van der Waals surface area contributed by atoms with Gasteiger partial charge in [0.15, 0.2) is 0 Å². The molecule has 1 aliphatic rings. The first-order chi connectivity index (χ1) is 7.28. The Bertz CT molecular complexity index is 381. The first-order valence-electron chi connectivity index (χ1n) is 5.69. The fraction of sp³-hybridized carbons (Fsp3) is 0.818. The summed E-state index contributed by atoms with van der Waals surface area (Å²) in [6, 6.07) is 0.214. The second-order valence-corrected chi connectivity index (χ2v) is 6.73. The summed E-state index contributed by atoms with van der Waals surface area (Å²) in [4.78, 5) is 1.99. The Morgan fingerprint density at radius 3 is 2.25 bits per heavy atom. The van der Waals surface area contributed by atoms with Crippen LogP contribution in [0.25, 0.3) is 0 Å². The van der Waals surface area contributed by atoms with Gasteiger partial charge in [0.25, 0.3) is 10.0 Å². The van der Waals surface area contributed by atoms with Gasteiger partial charge in [0.2, 0.25) is 0 Å². The predicted molar refractivity (Wildman–Crippen MR) is 66.4 cm³/mol. The van der Waals surface area contributed by atoms with Crippen LogP contribution in [-0.2, 0) is 10.0 Å². The van der Waals surface area contributed by atoms with E-state index in [9.17, 15) is 8.42 Å². The number of allylic oxidation sites excluding steroid dienone is 1. The third-order valence-electron chi connectivity index (χ3n) is 2.84. The van der Waals surface area contributed by atoms with E-state index in [0.717, 1.165) is 18.5 Å². The number of rotatable bonds is 1. The van der Waals surface area contributed by atoms with Gasteiger partial charge in [-0.25, -0.2) is 8.42 Å². The summed E-state index contributed by atoms with van der Waals surface area (Å²) < 4.78 is 26.1. The predicted octanol–water partition coefficient (Wildman–Crippen LogP) is 1.61. The van der Waals surface area contributed by atoms with E-state index in [4.69, 9.17) is 0 Å². The maximum Gasteiger partial charge on any atom is 0.258 e. The van der Waals surface area contributed by atoms with E-state index in [1.54, 1.807) is 7.05 Å². The Morgan fingerprint density at radius 2 is 1.81 bits per heavy atom. The minimum Gasteiger partial charge on any atom is -0.359 e. The first-order valence-corrected chi connectivity index (χ1v) is 7.13. The summed E-state index contributed by atoms with van der Waals surface area (Å²) in [7, 11) is -1.64. The van der Waals surface area contributed by atoms with Gasteiger partial charge >= 0.3 is 0 Å². The van der Waals surface area contributed by atoms with Crippen LogP contribution in [0.2, 0.25) is 0 Å². The molecule has 0 saturated carbocycles. The smallest absolute Gasteiger partial charge is 0.258 e. The molecule has 0 aromatic rings. The Labute approximate surface area is 99.0 Å². The van der Waals surface area contributed by atoms with Crippen LogP contribution < -0.4 is 0 Å². The molecule has 0 unspecified atom stereocenters. The standard InChI is InChI=1S/C11H22N2O2S/c1-9(2)11-13(10(3)4)8-6-7-12(5)16(11,14)15/h10H,6-8H2,1-5H3. The van der Waals surface area contributed by atoms with Crippen molar-refractivity contribution < 1.29 is 8.42 Å². The molecule has 94 valence electrons. The van der Waals surface area contributed by atoms with Gasteiger partial charge in [0.1, 0.15) is 5.03 Å². The monoisotopic (exact) mass is 246 g/mol. The van der Waals surface area contributed by atoms with E-state index >= 15 is 0 Å². The Hall–Kier alpha value is -0.550. The molecule has 16 heavy (non-hydrogen) atoms. The molecule has 0 aromatic carbocycles. The van der Waals surface area contributed by atoms with Crippen molar-refractivity contribution in [3.05, 3.63) is 10.6 Å². The molecule has 1 aliphatic heterocycles. The lowest BCUT2D eigenvalue weighted by molar-refractivity contribution is 0.297. The Kier molecular flexibility index (Phi) is 4.02. The lowest BCUT2D eigenvalue weighted by atomic mass is 10.2. The van der Waals surface area contributed by atoms with Crippen molar-refractivity contribution in [2.24, 2.45) is 0 Å². The van der Waals surface area contributed by atoms with Crippen LogP contribution in [0, 0.1) is 0 Å². The zero-order chi connectivity index (χ0) is 12.5. The van der Waals surface area contributed by atoms with E-state index < -0.39 is 10.0 Å². The molecule has 1 fully saturated rings. The topological polar surface area (TPSA) is 40.6 Å². The molecule has 1 rings (SSSR count). The summed E-state index contributed by atoms with van der Waals surface area (Å²) in [5.74, 6) is 0. The van der Waals surface area contributed by atoms with E-state index in [1.807, 2.05) is 32.6 Å². The van der Waals surface area contributed by atoms with Crippen molar-refractivity contribution >= 4 is 10.0 Å². The molecule has 0 N–H and O–H groups in total. The summed E-state index contributed by atoms with van der Waals surface area (Å²) >= 11 is 0. The van der Waals surface area contributed by atoms with Gasteiger partial charge in [-0.1, -0.05) is 0 Å². The molecule has 0 amide bonds. The summed E-state index contributed by atoms with van der Waals surface area (Å²) in [5, 5.41) is 0.488. The van der Waals surface area contributed by atoms with Crippen LogP contribution in [-0.4, -0.2) is 43.8 Å². The molecule has 0 radical (unpaired) electrons. The Balaban J connectivity index is 3.32. The molecule has 5 heteroatoms. The van der Waals surface area contributed by atoms with E-state index in [0.29, 0.717) is 11.6 Å². The van der Waals surface area contributed by atoms with Crippen molar-refractivity contribution in [3.63, 3.8) is 0 Å². The SMILES string of the molecule is CC(C)=C1N(C(C)C)CCCN(C)S1(=O)=O. The Morgan fingerprint density at radius 1 is 1.25 bits per heavy atom. The quantitative estimate of drug-likeness (QED) is 0.706. The summed E-state index contributed by atoms with van der Waals surface area (Å²) in [6.45, 7) is 9.19. The highest BCUT2D eigenvalue weighted by Crippen LogP contribution is 2.25. The zero-order valence-electron chi connectivity index (χ0n) is 10.8. The van der Waals surface area contributed by atoms with Crippen LogP contribution in [0.15, 0.2) is 10.6 Å². The van der Waals surface area contributed by atoms with E-state index in [-0.39, 0.29) is 6.04 Å². The van der Waals surface area contributed by atoms with Gasteiger partial charge in [0.05, 0.1) is 0 Å². The average molecular weight is 246 g/mol. The highest BCUT2D eigenvalue weighted by atomic mass is 32.2. The minimum absolute atomic E-state index is 0.214. The van der Waals surface area contributed by atoms with Crippen molar-refractivity contribution in [1.29, 1.82) is 0 Å². The number of hydrogen-bond acceptors (Lipinski definition) is 3. The van der Waals surface area contributed by atoms with Crippen LogP contribution >= 0.6 is 0 Å². The maximum atomic E-state index is 12.3. The summed E-state index contributed by atoms with van der Waals surface area (Å²) in [5.41, 5.74) is 0.863. The van der Waals surface area contributed by atoms with Gasteiger partial charge in [-0.3, -0.25) is 0 Å².